The Morgan fingerprint density at radius 2 is 1.91 bits per heavy atom. The van der Waals surface area contributed by atoms with Crippen molar-refractivity contribution in [1.82, 2.24) is 24.8 Å². The van der Waals surface area contributed by atoms with Crippen LogP contribution in [-0.4, -0.2) is 68.7 Å². The third kappa shape index (κ3) is 4.75. The Morgan fingerprint density at radius 1 is 1.13 bits per heavy atom. The van der Waals surface area contributed by atoms with Crippen molar-refractivity contribution >= 4 is 0 Å². The summed E-state index contributed by atoms with van der Waals surface area (Å²) in [6, 6.07) is 0.505. The van der Waals surface area contributed by atoms with E-state index in [1.807, 2.05) is 0 Å². The van der Waals surface area contributed by atoms with Crippen molar-refractivity contribution in [2.75, 3.05) is 32.7 Å². The van der Waals surface area contributed by atoms with Gasteiger partial charge in [-0.3, -0.25) is 4.90 Å². The molecule has 2 saturated heterocycles. The van der Waals surface area contributed by atoms with Gasteiger partial charge in [0.2, 0.25) is 0 Å². The van der Waals surface area contributed by atoms with Crippen molar-refractivity contribution in [3.8, 4) is 0 Å². The van der Waals surface area contributed by atoms with Crippen LogP contribution in [0.5, 0.6) is 0 Å². The number of β-amino-alcohol motifs (C(OH)–C–C–N with tert-alkyl or cyclic N) is 1. The van der Waals surface area contributed by atoms with Crippen LogP contribution >= 0.6 is 0 Å². The van der Waals surface area contributed by atoms with E-state index in [1.54, 1.807) is 0 Å². The highest BCUT2D eigenvalue weighted by molar-refractivity contribution is 4.96. The molecule has 0 aromatic carbocycles. The molecule has 1 aromatic heterocycles. The molecule has 6 heteroatoms. The number of unbranched alkanes of at least 4 members (excludes halogenated alkanes) is 3. The van der Waals surface area contributed by atoms with Crippen LogP contribution in [0.3, 0.4) is 0 Å². The number of aromatic nitrogens is 3. The van der Waals surface area contributed by atoms with Crippen LogP contribution < -0.4 is 0 Å². The molecule has 0 radical (unpaired) electrons. The lowest BCUT2D eigenvalue weighted by Crippen LogP contribution is -2.49. The summed E-state index contributed by atoms with van der Waals surface area (Å²) in [5.41, 5.74) is 1.03. The van der Waals surface area contributed by atoms with Gasteiger partial charge in [-0.25, -0.2) is 4.68 Å². The minimum Gasteiger partial charge on any atom is -0.390 e. The molecule has 0 aliphatic carbocycles. The van der Waals surface area contributed by atoms with E-state index in [-0.39, 0.29) is 6.10 Å². The van der Waals surface area contributed by atoms with Gasteiger partial charge in [0.25, 0.3) is 0 Å². The van der Waals surface area contributed by atoms with Gasteiger partial charge in [-0.1, -0.05) is 31.4 Å². The van der Waals surface area contributed by atoms with E-state index in [2.05, 4.69) is 37.9 Å². The number of likely N-dealkylation sites (tertiary alicyclic amines) is 2. The topological polar surface area (TPSA) is 57.4 Å². The Hall–Kier alpha value is -0.980. The highest BCUT2D eigenvalue weighted by Crippen LogP contribution is 2.22. The molecule has 2 fully saturated rings. The summed E-state index contributed by atoms with van der Waals surface area (Å²) < 4.78 is 2.07. The third-order valence-electron chi connectivity index (χ3n) is 5.14. The van der Waals surface area contributed by atoms with Gasteiger partial charge in [-0.05, 0) is 25.8 Å². The molecule has 130 valence electrons. The number of piperidine rings is 1. The molecule has 3 rings (SSSR count). The number of hydrogen-bond donors (Lipinski definition) is 1. The van der Waals surface area contributed by atoms with Gasteiger partial charge in [0.15, 0.2) is 0 Å². The van der Waals surface area contributed by atoms with E-state index in [4.69, 9.17) is 0 Å². The van der Waals surface area contributed by atoms with Gasteiger partial charge in [0.1, 0.15) is 0 Å². The van der Waals surface area contributed by atoms with E-state index in [0.717, 1.165) is 25.3 Å². The second-order valence-corrected chi connectivity index (χ2v) is 7.17. The van der Waals surface area contributed by atoms with Crippen LogP contribution in [0.15, 0.2) is 6.20 Å². The second-order valence-electron chi connectivity index (χ2n) is 7.17. The molecule has 0 unspecified atom stereocenters. The average molecular weight is 321 g/mol. The Labute approximate surface area is 139 Å². The summed E-state index contributed by atoms with van der Waals surface area (Å²) in [6.07, 6.45) is 9.71. The first-order valence-corrected chi connectivity index (χ1v) is 9.28. The van der Waals surface area contributed by atoms with E-state index >= 15 is 0 Å². The standard InChI is InChI=1S/C17H31N5O/c1-2-3-4-5-8-20-9-6-16(7-10-20)22-12-15(18-19-22)11-21-13-17(23)14-21/h12,16-17,23H,2-11,13-14H2,1H3. The zero-order valence-electron chi connectivity index (χ0n) is 14.4. The summed E-state index contributed by atoms with van der Waals surface area (Å²) in [5, 5.41) is 18.0. The maximum Gasteiger partial charge on any atom is 0.0967 e. The molecule has 1 N–H and O–H groups in total. The first-order chi connectivity index (χ1) is 11.2. The van der Waals surface area contributed by atoms with Gasteiger partial charge >= 0.3 is 0 Å². The normalized spacial score (nSPS) is 21.7. The van der Waals surface area contributed by atoms with Gasteiger partial charge in [-0.15, -0.1) is 5.10 Å². The van der Waals surface area contributed by atoms with Gasteiger partial charge in [0.05, 0.1) is 24.0 Å². The number of aliphatic hydroxyl groups is 1. The molecule has 0 bridgehead atoms. The van der Waals surface area contributed by atoms with E-state index in [9.17, 15) is 5.11 Å². The van der Waals surface area contributed by atoms with E-state index in [1.165, 1.54) is 58.2 Å². The number of rotatable bonds is 8. The zero-order valence-corrected chi connectivity index (χ0v) is 14.4. The predicted molar refractivity (Wildman–Crippen MR) is 90.2 cm³/mol. The van der Waals surface area contributed by atoms with Crippen LogP contribution in [0.4, 0.5) is 0 Å². The molecular formula is C17H31N5O. The highest BCUT2D eigenvalue weighted by atomic mass is 16.3. The fourth-order valence-corrected chi connectivity index (χ4v) is 3.63. The lowest BCUT2D eigenvalue weighted by Gasteiger charge is -2.35. The molecule has 2 aliphatic heterocycles. The maximum atomic E-state index is 9.33. The molecule has 2 aliphatic rings. The summed E-state index contributed by atoms with van der Waals surface area (Å²) >= 11 is 0. The van der Waals surface area contributed by atoms with Crippen molar-refractivity contribution in [2.24, 2.45) is 0 Å². The Kier molecular flexibility index (Phi) is 6.02. The molecule has 6 nitrogen and oxygen atoms in total. The smallest absolute Gasteiger partial charge is 0.0967 e. The minimum atomic E-state index is -0.147. The van der Waals surface area contributed by atoms with Gasteiger partial charge in [0, 0.05) is 32.7 Å². The Balaban J connectivity index is 1.38. The first-order valence-electron chi connectivity index (χ1n) is 9.28. The zero-order chi connectivity index (χ0) is 16.1. The van der Waals surface area contributed by atoms with Crippen molar-refractivity contribution in [3.63, 3.8) is 0 Å². The maximum absolute atomic E-state index is 9.33. The molecule has 3 heterocycles. The molecule has 0 spiro atoms. The molecule has 0 atom stereocenters. The van der Waals surface area contributed by atoms with Crippen molar-refractivity contribution in [3.05, 3.63) is 11.9 Å². The van der Waals surface area contributed by atoms with Crippen molar-refractivity contribution in [2.45, 2.75) is 64.1 Å². The van der Waals surface area contributed by atoms with Gasteiger partial charge in [-0.2, -0.15) is 0 Å². The number of nitrogens with zero attached hydrogens (tertiary/aromatic N) is 5. The summed E-state index contributed by atoms with van der Waals surface area (Å²) in [7, 11) is 0. The quantitative estimate of drug-likeness (QED) is 0.738. The number of aliphatic hydroxyl groups excluding tert-OH is 1. The Morgan fingerprint density at radius 3 is 2.61 bits per heavy atom. The summed E-state index contributed by atoms with van der Waals surface area (Å²) in [4.78, 5) is 4.81. The van der Waals surface area contributed by atoms with E-state index < -0.39 is 0 Å². The van der Waals surface area contributed by atoms with E-state index in [0.29, 0.717) is 6.04 Å². The SMILES string of the molecule is CCCCCCN1CCC(n2cc(CN3CC(O)C3)nn2)CC1. The molecule has 0 saturated carbocycles. The number of hydrogen-bond acceptors (Lipinski definition) is 5. The third-order valence-corrected chi connectivity index (χ3v) is 5.14. The molecule has 1 aromatic rings. The lowest BCUT2D eigenvalue weighted by atomic mass is 10.0. The fourth-order valence-electron chi connectivity index (χ4n) is 3.63. The summed E-state index contributed by atoms with van der Waals surface area (Å²) in [6.45, 7) is 8.24. The van der Waals surface area contributed by atoms with Crippen LogP contribution in [-0.2, 0) is 6.54 Å². The van der Waals surface area contributed by atoms with Crippen LogP contribution in [0.1, 0.15) is 57.2 Å². The van der Waals surface area contributed by atoms with Crippen LogP contribution in [0.25, 0.3) is 0 Å². The van der Waals surface area contributed by atoms with Crippen molar-refractivity contribution in [1.29, 1.82) is 0 Å². The average Bonchev–Trinajstić information content (AvgIpc) is 2.99. The molecular weight excluding hydrogens is 290 g/mol. The minimum absolute atomic E-state index is 0.147. The fraction of sp³-hybridized carbons (Fsp3) is 0.882. The second kappa shape index (κ2) is 8.22. The highest BCUT2D eigenvalue weighted by Gasteiger charge is 2.26. The van der Waals surface area contributed by atoms with Crippen LogP contribution in [0, 0.1) is 0 Å². The monoisotopic (exact) mass is 321 g/mol. The molecule has 23 heavy (non-hydrogen) atoms. The lowest BCUT2D eigenvalue weighted by molar-refractivity contribution is -0.00356. The van der Waals surface area contributed by atoms with Crippen molar-refractivity contribution < 1.29 is 5.11 Å². The predicted octanol–water partition coefficient (Wildman–Crippen LogP) is 1.67. The van der Waals surface area contributed by atoms with Crippen LogP contribution in [0.2, 0.25) is 0 Å². The Bertz CT molecular complexity index is 463. The molecule has 0 amide bonds. The van der Waals surface area contributed by atoms with Gasteiger partial charge < -0.3 is 10.0 Å². The summed E-state index contributed by atoms with van der Waals surface area (Å²) in [5.74, 6) is 0. The largest absolute Gasteiger partial charge is 0.390 e. The first kappa shape index (κ1) is 16.9.